The summed E-state index contributed by atoms with van der Waals surface area (Å²) in [5, 5.41) is 19.3. The molecule has 3 aromatic rings. The summed E-state index contributed by atoms with van der Waals surface area (Å²) >= 11 is 5.72. The van der Waals surface area contributed by atoms with Gasteiger partial charge in [-0.2, -0.15) is 36.7 Å². The molecule has 62 heavy (non-hydrogen) atoms. The second-order valence-corrected chi connectivity index (χ2v) is 17.2. The molecule has 3 aliphatic heterocycles. The number of urea groups is 1. The van der Waals surface area contributed by atoms with Crippen molar-refractivity contribution in [3.63, 3.8) is 0 Å². The van der Waals surface area contributed by atoms with Gasteiger partial charge in [-0.3, -0.25) is 39.1 Å². The number of aryl methyl sites for hydroxylation is 1. The molecule has 0 radical (unpaired) electrons. The Labute approximate surface area is 358 Å². The standard InChI is InChI=1S/C41H46F6N10O4S/c1-39(2)36(60)56(27-14-11-25(21-48)29(20-27)40(42,43)44)38(62)57(39)26-12-9-24(10-13-26)6-5-16-53-18-19-54(31(22-53)41(45,46)47)23-33(59)49-30-8-4-7-28-34(30)52(3)51-35(28)55-17-15-32(58)50-37(55)61/h4,7-8,11,14,20,24,26,31H,5-6,9-10,12-13,15-19,22-23H2,1-3H3,(H,49,59)(H,50,58,61)/t24-,26-,31?. The van der Waals surface area contributed by atoms with E-state index in [4.69, 9.17) is 12.2 Å². The predicted octanol–water partition coefficient (Wildman–Crippen LogP) is 6.15. The number of nitriles is 1. The second kappa shape index (κ2) is 17.1. The summed E-state index contributed by atoms with van der Waals surface area (Å²) in [7, 11) is 1.61. The first-order chi connectivity index (χ1) is 29.2. The number of aromatic nitrogens is 2. The topological polar surface area (TPSA) is 150 Å². The lowest BCUT2D eigenvalue weighted by Crippen LogP contribution is -2.60. The van der Waals surface area contributed by atoms with Crippen LogP contribution in [0.4, 0.5) is 48.3 Å². The summed E-state index contributed by atoms with van der Waals surface area (Å²) in [5.74, 6) is -0.945. The largest absolute Gasteiger partial charge is 0.417 e. The molecule has 14 nitrogen and oxygen atoms in total. The molecule has 5 amide bonds. The fourth-order valence-corrected chi connectivity index (χ4v) is 9.85. The molecule has 4 aliphatic rings. The van der Waals surface area contributed by atoms with Crippen LogP contribution in [-0.2, 0) is 27.6 Å². The zero-order valence-corrected chi connectivity index (χ0v) is 35.1. The van der Waals surface area contributed by atoms with E-state index in [1.807, 2.05) is 0 Å². The molecule has 332 valence electrons. The van der Waals surface area contributed by atoms with Gasteiger partial charge in [-0.05, 0) is 107 Å². The molecule has 1 aromatic heterocycles. The van der Waals surface area contributed by atoms with E-state index < -0.39 is 65.4 Å². The third-order valence-electron chi connectivity index (χ3n) is 12.4. The molecule has 1 aliphatic carbocycles. The number of halogens is 6. The van der Waals surface area contributed by atoms with Crippen molar-refractivity contribution in [3.05, 3.63) is 47.5 Å². The number of alkyl halides is 6. The van der Waals surface area contributed by atoms with Crippen LogP contribution < -0.4 is 20.4 Å². The van der Waals surface area contributed by atoms with Gasteiger partial charge >= 0.3 is 18.4 Å². The van der Waals surface area contributed by atoms with E-state index in [0.717, 1.165) is 41.2 Å². The summed E-state index contributed by atoms with van der Waals surface area (Å²) in [6.07, 6.45) is -4.99. The first-order valence-corrected chi connectivity index (χ1v) is 20.8. The lowest BCUT2D eigenvalue weighted by molar-refractivity contribution is -0.197. The monoisotopic (exact) mass is 888 g/mol. The molecule has 3 saturated heterocycles. The highest BCUT2D eigenvalue weighted by Crippen LogP contribution is 2.42. The number of amides is 5. The van der Waals surface area contributed by atoms with Crippen molar-refractivity contribution in [2.45, 2.75) is 88.8 Å². The Morgan fingerprint density at radius 3 is 2.42 bits per heavy atom. The number of hydrogen-bond donors (Lipinski definition) is 2. The van der Waals surface area contributed by atoms with Gasteiger partial charge in [0, 0.05) is 51.1 Å². The Morgan fingerprint density at radius 1 is 1.03 bits per heavy atom. The molecule has 0 spiro atoms. The fourth-order valence-electron chi connectivity index (χ4n) is 9.29. The zero-order valence-electron chi connectivity index (χ0n) is 34.3. The number of nitrogens with zero attached hydrogens (tertiary/aromatic N) is 8. The Bertz CT molecular complexity index is 2320. The molecule has 1 unspecified atom stereocenters. The highest BCUT2D eigenvalue weighted by molar-refractivity contribution is 7.80. The van der Waals surface area contributed by atoms with Crippen LogP contribution in [0.3, 0.4) is 0 Å². The normalized spacial score (nSPS) is 23.0. The zero-order chi connectivity index (χ0) is 44.9. The number of carbonyl (C=O) groups excluding carboxylic acids is 4. The Hall–Kier alpha value is -5.33. The van der Waals surface area contributed by atoms with E-state index >= 15 is 0 Å². The molecule has 4 heterocycles. The smallest absolute Gasteiger partial charge is 0.331 e. The molecule has 1 saturated carbocycles. The van der Waals surface area contributed by atoms with E-state index in [-0.39, 0.29) is 54.6 Å². The van der Waals surface area contributed by atoms with Crippen LogP contribution in [0.15, 0.2) is 36.4 Å². The Morgan fingerprint density at radius 2 is 1.76 bits per heavy atom. The molecule has 21 heteroatoms. The average molecular weight is 889 g/mol. The quantitative estimate of drug-likeness (QED) is 0.179. The van der Waals surface area contributed by atoms with E-state index in [2.05, 4.69) is 15.7 Å². The fraction of sp³-hybridized carbons (Fsp3) is 0.537. The number of hydrogen-bond acceptors (Lipinski definition) is 9. The number of rotatable bonds is 10. The van der Waals surface area contributed by atoms with Crippen LogP contribution in [-0.4, -0.2) is 116 Å². The minimum Gasteiger partial charge on any atom is -0.331 e. The summed E-state index contributed by atoms with van der Waals surface area (Å²) < 4.78 is 86.2. The number of fused-ring (bicyclic) bond motifs is 1. The number of piperazine rings is 1. The summed E-state index contributed by atoms with van der Waals surface area (Å²) in [6.45, 7) is 3.50. The van der Waals surface area contributed by atoms with Crippen LogP contribution in [0, 0.1) is 17.2 Å². The van der Waals surface area contributed by atoms with Gasteiger partial charge in [-0.1, -0.05) is 6.07 Å². The molecule has 2 N–H and O–H groups in total. The maximum absolute atomic E-state index is 14.5. The number of imide groups is 1. The van der Waals surface area contributed by atoms with Crippen LogP contribution in [0.2, 0.25) is 0 Å². The van der Waals surface area contributed by atoms with Crippen molar-refractivity contribution < 1.29 is 45.5 Å². The molecular weight excluding hydrogens is 843 g/mol. The number of benzene rings is 2. The van der Waals surface area contributed by atoms with Crippen molar-refractivity contribution in [2.75, 3.05) is 54.4 Å². The molecule has 0 bridgehead atoms. The summed E-state index contributed by atoms with van der Waals surface area (Å²) in [6, 6.07) is 6.95. The number of nitrogens with one attached hydrogen (secondary N) is 2. The Balaban J connectivity index is 0.910. The predicted molar refractivity (Wildman–Crippen MR) is 220 cm³/mol. The van der Waals surface area contributed by atoms with Crippen LogP contribution >= 0.6 is 12.2 Å². The minimum atomic E-state index is -4.81. The van der Waals surface area contributed by atoms with Crippen LogP contribution in [0.5, 0.6) is 0 Å². The second-order valence-electron chi connectivity index (χ2n) is 16.8. The van der Waals surface area contributed by atoms with Gasteiger partial charge in [0.05, 0.1) is 40.6 Å². The van der Waals surface area contributed by atoms with Crippen molar-refractivity contribution in [1.29, 1.82) is 5.26 Å². The Kier molecular flexibility index (Phi) is 12.3. The third kappa shape index (κ3) is 8.81. The van der Waals surface area contributed by atoms with Gasteiger partial charge < -0.3 is 15.1 Å². The SMILES string of the molecule is Cn1nc(N2CCC(=O)NC2=O)c2cccc(NC(=O)CN3CCN(CCC[C@H]4CC[C@H](N5C(=S)N(c6ccc(C#N)c(C(F)(F)F)c6)C(=O)C5(C)C)CC4)CC3C(F)(F)F)c21. The highest BCUT2D eigenvalue weighted by Gasteiger charge is 2.53. The number of carbonyl (C=O) groups is 4. The average Bonchev–Trinajstić information content (AvgIpc) is 3.63. The number of anilines is 3. The number of thiocarbonyl (C=S) groups is 1. The van der Waals surface area contributed by atoms with Crippen molar-refractivity contribution >= 4 is 69.2 Å². The van der Waals surface area contributed by atoms with E-state index in [1.54, 1.807) is 55.0 Å². The van der Waals surface area contributed by atoms with Crippen molar-refractivity contribution in [1.82, 2.24) is 29.8 Å². The minimum absolute atomic E-state index is 0.0206. The lowest BCUT2D eigenvalue weighted by atomic mass is 9.82. The van der Waals surface area contributed by atoms with Gasteiger partial charge in [-0.15, -0.1) is 0 Å². The summed E-state index contributed by atoms with van der Waals surface area (Å²) in [5.41, 5.74) is -2.13. The van der Waals surface area contributed by atoms with Crippen molar-refractivity contribution in [3.8, 4) is 6.07 Å². The van der Waals surface area contributed by atoms with Crippen LogP contribution in [0.1, 0.15) is 69.9 Å². The molecule has 7 rings (SSSR count). The van der Waals surface area contributed by atoms with Crippen LogP contribution in [0.25, 0.3) is 10.9 Å². The van der Waals surface area contributed by atoms with Gasteiger partial charge in [0.25, 0.3) is 5.91 Å². The van der Waals surface area contributed by atoms with Gasteiger partial charge in [0.2, 0.25) is 11.8 Å². The van der Waals surface area contributed by atoms with E-state index in [9.17, 15) is 50.8 Å². The number of para-hydroxylation sites is 1. The van der Waals surface area contributed by atoms with E-state index in [1.165, 1.54) is 15.6 Å². The molecule has 4 fully saturated rings. The molecule has 2 aromatic carbocycles. The third-order valence-corrected chi connectivity index (χ3v) is 12.8. The first kappa shape index (κ1) is 44.7. The van der Waals surface area contributed by atoms with Gasteiger partial charge in [-0.25, -0.2) is 4.79 Å². The lowest BCUT2D eigenvalue weighted by Gasteiger charge is -2.42. The summed E-state index contributed by atoms with van der Waals surface area (Å²) in [4.78, 5) is 58.3. The van der Waals surface area contributed by atoms with E-state index in [0.29, 0.717) is 48.9 Å². The van der Waals surface area contributed by atoms with Gasteiger partial charge in [0.15, 0.2) is 10.9 Å². The molecular formula is C41H46F6N10O4S. The maximum atomic E-state index is 14.5. The molecule has 1 atom stereocenters. The van der Waals surface area contributed by atoms with Gasteiger partial charge in [0.1, 0.15) is 11.6 Å². The first-order valence-electron chi connectivity index (χ1n) is 20.4. The maximum Gasteiger partial charge on any atom is 0.417 e. The highest BCUT2D eigenvalue weighted by atomic mass is 32.1. The van der Waals surface area contributed by atoms with Crippen molar-refractivity contribution in [2.24, 2.45) is 13.0 Å².